The van der Waals surface area contributed by atoms with Gasteiger partial charge in [-0.1, -0.05) is 0 Å². The van der Waals surface area contributed by atoms with Crippen LogP contribution in [0.5, 0.6) is 5.75 Å². The van der Waals surface area contributed by atoms with Crippen molar-refractivity contribution >= 4 is 10.9 Å². The first-order chi connectivity index (χ1) is 7.85. The van der Waals surface area contributed by atoms with Gasteiger partial charge in [0.05, 0.1) is 18.7 Å². The third-order valence-corrected chi connectivity index (χ3v) is 2.55. The van der Waals surface area contributed by atoms with Crippen LogP contribution < -0.4 is 4.74 Å². The number of fused-ring (bicyclic) bond motifs is 1. The van der Waals surface area contributed by atoms with Crippen molar-refractivity contribution in [3.05, 3.63) is 36.0 Å². The number of nitriles is 1. The lowest BCUT2D eigenvalue weighted by molar-refractivity contribution is 0.415. The van der Waals surface area contributed by atoms with Crippen LogP contribution in [0.3, 0.4) is 0 Å². The molecule has 0 N–H and O–H groups in total. The van der Waals surface area contributed by atoms with Gasteiger partial charge in [0, 0.05) is 18.0 Å². The fraction of sp³-hybridized carbons (Fsp3) is 0.231. The van der Waals surface area contributed by atoms with E-state index < -0.39 is 0 Å². The molecule has 0 aliphatic rings. The van der Waals surface area contributed by atoms with Crippen LogP contribution >= 0.6 is 0 Å². The molecule has 0 spiro atoms. The van der Waals surface area contributed by atoms with Crippen molar-refractivity contribution in [3.63, 3.8) is 0 Å². The lowest BCUT2D eigenvalue weighted by atomic mass is 10.0. The van der Waals surface area contributed by atoms with Gasteiger partial charge in [0.1, 0.15) is 5.75 Å². The second kappa shape index (κ2) is 4.63. The van der Waals surface area contributed by atoms with Crippen molar-refractivity contribution in [2.45, 2.75) is 12.8 Å². The van der Waals surface area contributed by atoms with E-state index in [9.17, 15) is 0 Å². The zero-order valence-corrected chi connectivity index (χ0v) is 9.10. The van der Waals surface area contributed by atoms with E-state index in [0.717, 1.165) is 28.6 Å². The molecule has 1 aromatic heterocycles. The molecule has 0 saturated carbocycles. The fourth-order valence-corrected chi connectivity index (χ4v) is 1.72. The van der Waals surface area contributed by atoms with Gasteiger partial charge in [-0.2, -0.15) is 5.26 Å². The minimum Gasteiger partial charge on any atom is -0.497 e. The number of pyridine rings is 1. The lowest BCUT2D eigenvalue weighted by Gasteiger charge is -2.06. The van der Waals surface area contributed by atoms with Crippen LogP contribution in [0.4, 0.5) is 0 Å². The molecule has 16 heavy (non-hydrogen) atoms. The summed E-state index contributed by atoms with van der Waals surface area (Å²) in [6.07, 6.45) is 3.06. The van der Waals surface area contributed by atoms with Crippen LogP contribution in [0.15, 0.2) is 30.5 Å². The molecule has 3 heteroatoms. The molecule has 2 rings (SSSR count). The molecular weight excluding hydrogens is 200 g/mol. The molecule has 0 bridgehead atoms. The maximum absolute atomic E-state index is 8.61. The molecule has 0 aliphatic carbocycles. The van der Waals surface area contributed by atoms with Gasteiger partial charge in [-0.3, -0.25) is 4.98 Å². The number of rotatable bonds is 3. The zero-order valence-electron chi connectivity index (χ0n) is 9.10. The van der Waals surface area contributed by atoms with E-state index in [-0.39, 0.29) is 0 Å². The van der Waals surface area contributed by atoms with Gasteiger partial charge in [-0.25, -0.2) is 0 Å². The Morgan fingerprint density at radius 2 is 2.25 bits per heavy atom. The Morgan fingerprint density at radius 3 is 3.00 bits per heavy atom. The summed E-state index contributed by atoms with van der Waals surface area (Å²) in [6.45, 7) is 0. The smallest absolute Gasteiger partial charge is 0.119 e. The normalized spacial score (nSPS) is 10.0. The van der Waals surface area contributed by atoms with Gasteiger partial charge >= 0.3 is 0 Å². The van der Waals surface area contributed by atoms with E-state index in [1.54, 1.807) is 13.3 Å². The minimum atomic E-state index is 0.524. The molecule has 0 fully saturated rings. The molecule has 0 atom stereocenters. The first kappa shape index (κ1) is 10.4. The summed E-state index contributed by atoms with van der Waals surface area (Å²) < 4.78 is 5.19. The minimum absolute atomic E-state index is 0.524. The van der Waals surface area contributed by atoms with Crippen molar-refractivity contribution in [3.8, 4) is 11.8 Å². The Bertz CT molecular complexity index is 543. The second-order valence-electron chi connectivity index (χ2n) is 3.51. The maximum Gasteiger partial charge on any atom is 0.119 e. The van der Waals surface area contributed by atoms with Crippen molar-refractivity contribution < 1.29 is 4.74 Å². The highest BCUT2D eigenvalue weighted by molar-refractivity contribution is 5.83. The monoisotopic (exact) mass is 212 g/mol. The van der Waals surface area contributed by atoms with E-state index >= 15 is 0 Å². The Morgan fingerprint density at radius 1 is 1.38 bits per heavy atom. The van der Waals surface area contributed by atoms with Gasteiger partial charge < -0.3 is 4.74 Å². The number of aromatic nitrogens is 1. The van der Waals surface area contributed by atoms with Crippen LogP contribution in [0.2, 0.25) is 0 Å². The van der Waals surface area contributed by atoms with E-state index in [1.165, 1.54) is 0 Å². The Balaban J connectivity index is 2.51. The Hall–Kier alpha value is -2.08. The predicted molar refractivity (Wildman–Crippen MR) is 62.2 cm³/mol. The van der Waals surface area contributed by atoms with Gasteiger partial charge in [0.25, 0.3) is 0 Å². The summed E-state index contributed by atoms with van der Waals surface area (Å²) in [5.41, 5.74) is 2.08. The fourth-order valence-electron chi connectivity index (χ4n) is 1.72. The highest BCUT2D eigenvalue weighted by Crippen LogP contribution is 2.23. The average molecular weight is 212 g/mol. The SMILES string of the molecule is COc1ccc2nccc(CCC#N)c2c1. The largest absolute Gasteiger partial charge is 0.497 e. The van der Waals surface area contributed by atoms with Gasteiger partial charge in [0.15, 0.2) is 0 Å². The second-order valence-corrected chi connectivity index (χ2v) is 3.51. The van der Waals surface area contributed by atoms with Gasteiger partial charge in [0.2, 0.25) is 0 Å². The van der Waals surface area contributed by atoms with Crippen LogP contribution in [0.1, 0.15) is 12.0 Å². The van der Waals surface area contributed by atoms with Crippen LogP contribution in [0.25, 0.3) is 10.9 Å². The first-order valence-electron chi connectivity index (χ1n) is 5.13. The topological polar surface area (TPSA) is 45.9 Å². The summed E-state index contributed by atoms with van der Waals surface area (Å²) >= 11 is 0. The lowest BCUT2D eigenvalue weighted by Crippen LogP contribution is -1.90. The molecule has 3 nitrogen and oxygen atoms in total. The third-order valence-electron chi connectivity index (χ3n) is 2.55. The highest BCUT2D eigenvalue weighted by Gasteiger charge is 2.03. The maximum atomic E-state index is 8.61. The Kier molecular flexibility index (Phi) is 3.02. The summed E-state index contributed by atoms with van der Waals surface area (Å²) in [5, 5.41) is 9.68. The molecule has 1 heterocycles. The molecule has 0 saturated heterocycles. The number of nitrogens with zero attached hydrogens (tertiary/aromatic N) is 2. The number of ether oxygens (including phenoxy) is 1. The standard InChI is InChI=1S/C13H12N2O/c1-16-11-4-5-13-12(9-11)10(3-2-7-14)6-8-15-13/h4-6,8-9H,2-3H2,1H3. The zero-order chi connectivity index (χ0) is 11.4. The summed E-state index contributed by atoms with van der Waals surface area (Å²) in [6, 6.07) is 9.91. The predicted octanol–water partition coefficient (Wildman–Crippen LogP) is 2.70. The molecule has 1 aromatic carbocycles. The molecular formula is C13H12N2O. The van der Waals surface area contributed by atoms with Gasteiger partial charge in [-0.05, 0) is 36.2 Å². The quantitative estimate of drug-likeness (QED) is 0.785. The van der Waals surface area contributed by atoms with Crippen molar-refractivity contribution in [2.24, 2.45) is 0 Å². The van der Waals surface area contributed by atoms with Crippen LogP contribution in [-0.4, -0.2) is 12.1 Å². The van der Waals surface area contributed by atoms with Crippen molar-refractivity contribution in [1.82, 2.24) is 4.98 Å². The molecule has 0 aliphatic heterocycles. The van der Waals surface area contributed by atoms with Crippen molar-refractivity contribution in [2.75, 3.05) is 7.11 Å². The number of benzene rings is 1. The molecule has 0 unspecified atom stereocenters. The molecule has 0 amide bonds. The van der Waals surface area contributed by atoms with Crippen molar-refractivity contribution in [1.29, 1.82) is 5.26 Å². The number of aryl methyl sites for hydroxylation is 1. The first-order valence-corrected chi connectivity index (χ1v) is 5.13. The van der Waals surface area contributed by atoms with E-state index in [0.29, 0.717) is 6.42 Å². The average Bonchev–Trinajstić information content (AvgIpc) is 2.35. The Labute approximate surface area is 94.3 Å². The summed E-state index contributed by atoms with van der Waals surface area (Å²) in [7, 11) is 1.65. The van der Waals surface area contributed by atoms with E-state index in [2.05, 4.69) is 11.1 Å². The third kappa shape index (κ3) is 1.96. The molecule has 0 radical (unpaired) electrons. The van der Waals surface area contributed by atoms with E-state index in [1.807, 2.05) is 24.3 Å². The molecule has 2 aromatic rings. The van der Waals surface area contributed by atoms with Crippen LogP contribution in [-0.2, 0) is 6.42 Å². The van der Waals surface area contributed by atoms with E-state index in [4.69, 9.17) is 10.00 Å². The highest BCUT2D eigenvalue weighted by atomic mass is 16.5. The summed E-state index contributed by atoms with van der Waals surface area (Å²) in [5.74, 6) is 0.818. The number of hydrogen-bond donors (Lipinski definition) is 0. The van der Waals surface area contributed by atoms with Gasteiger partial charge in [-0.15, -0.1) is 0 Å². The number of methoxy groups -OCH3 is 1. The van der Waals surface area contributed by atoms with Crippen LogP contribution in [0, 0.1) is 11.3 Å². The molecule has 80 valence electrons. The number of hydrogen-bond acceptors (Lipinski definition) is 3. The summed E-state index contributed by atoms with van der Waals surface area (Å²) in [4.78, 5) is 4.29.